The summed E-state index contributed by atoms with van der Waals surface area (Å²) in [6, 6.07) is 13.0. The van der Waals surface area contributed by atoms with Crippen LogP contribution in [0.1, 0.15) is 33.4 Å². The van der Waals surface area contributed by atoms with Crippen molar-refractivity contribution in [1.82, 2.24) is 20.3 Å². The summed E-state index contributed by atoms with van der Waals surface area (Å²) >= 11 is 5.95. The maximum Gasteiger partial charge on any atom is 0.274 e. The van der Waals surface area contributed by atoms with Crippen molar-refractivity contribution in [3.05, 3.63) is 70.0 Å². The van der Waals surface area contributed by atoms with Gasteiger partial charge in [-0.2, -0.15) is 0 Å². The summed E-state index contributed by atoms with van der Waals surface area (Å²) in [5.74, 6) is 0.929. The molecule has 1 atom stereocenters. The third-order valence-corrected chi connectivity index (χ3v) is 5.21. The zero-order valence-electron chi connectivity index (χ0n) is 16.6. The van der Waals surface area contributed by atoms with Crippen molar-refractivity contribution in [2.75, 3.05) is 14.2 Å². The number of carbonyl (C=O) groups is 1. The number of hydrogen-bond donors (Lipinski definition) is 1. The van der Waals surface area contributed by atoms with E-state index in [-0.39, 0.29) is 24.3 Å². The predicted octanol–water partition coefficient (Wildman–Crippen LogP) is 3.15. The van der Waals surface area contributed by atoms with Crippen LogP contribution in [0.25, 0.3) is 0 Å². The van der Waals surface area contributed by atoms with Crippen LogP contribution in [-0.4, -0.2) is 35.1 Å². The van der Waals surface area contributed by atoms with Crippen LogP contribution in [0.5, 0.6) is 11.5 Å². The highest BCUT2D eigenvalue weighted by atomic mass is 35.5. The number of rotatable bonds is 6. The molecule has 8 nitrogen and oxygen atoms in total. The van der Waals surface area contributed by atoms with E-state index < -0.39 is 0 Å². The molecule has 1 aromatic heterocycles. The van der Waals surface area contributed by atoms with Gasteiger partial charge in [-0.25, -0.2) is 4.68 Å². The fourth-order valence-electron chi connectivity index (χ4n) is 3.32. The van der Waals surface area contributed by atoms with Crippen LogP contribution in [0.4, 0.5) is 0 Å². The zero-order valence-corrected chi connectivity index (χ0v) is 17.3. The maximum atomic E-state index is 12.7. The lowest BCUT2D eigenvalue weighted by Crippen LogP contribution is -2.27. The van der Waals surface area contributed by atoms with Crippen LogP contribution < -0.4 is 14.8 Å². The minimum atomic E-state index is -0.306. The fourth-order valence-corrected chi connectivity index (χ4v) is 3.45. The van der Waals surface area contributed by atoms with E-state index in [4.69, 9.17) is 25.8 Å². The monoisotopic (exact) mass is 428 g/mol. The molecule has 1 amide bonds. The lowest BCUT2D eigenvalue weighted by atomic mass is 10.1. The van der Waals surface area contributed by atoms with Gasteiger partial charge in [-0.1, -0.05) is 35.0 Å². The Morgan fingerprint density at radius 2 is 1.97 bits per heavy atom. The van der Waals surface area contributed by atoms with Gasteiger partial charge in [0.2, 0.25) is 0 Å². The molecule has 0 saturated heterocycles. The van der Waals surface area contributed by atoms with Gasteiger partial charge in [0.1, 0.15) is 6.10 Å². The summed E-state index contributed by atoms with van der Waals surface area (Å²) in [6.07, 6.45) is -0.167. The molecule has 156 valence electrons. The van der Waals surface area contributed by atoms with E-state index in [1.807, 2.05) is 36.4 Å². The minimum Gasteiger partial charge on any atom is -0.493 e. The van der Waals surface area contributed by atoms with E-state index in [2.05, 4.69) is 15.6 Å². The van der Waals surface area contributed by atoms with Gasteiger partial charge in [0.15, 0.2) is 17.2 Å². The van der Waals surface area contributed by atoms with Crippen molar-refractivity contribution in [2.45, 2.75) is 25.8 Å². The topological polar surface area (TPSA) is 87.5 Å². The van der Waals surface area contributed by atoms with E-state index in [1.165, 1.54) is 0 Å². The number of benzene rings is 2. The number of halogens is 1. The molecule has 9 heteroatoms. The van der Waals surface area contributed by atoms with Gasteiger partial charge in [0.05, 0.1) is 33.1 Å². The molecule has 0 spiro atoms. The Bertz CT molecular complexity index is 1050. The molecule has 3 aromatic rings. The van der Waals surface area contributed by atoms with E-state index >= 15 is 0 Å². The first kappa shape index (κ1) is 20.2. The van der Waals surface area contributed by atoms with Crippen molar-refractivity contribution in [2.24, 2.45) is 0 Å². The maximum absolute atomic E-state index is 12.7. The predicted molar refractivity (Wildman–Crippen MR) is 110 cm³/mol. The quantitative estimate of drug-likeness (QED) is 0.649. The van der Waals surface area contributed by atoms with Crippen molar-refractivity contribution in [1.29, 1.82) is 0 Å². The summed E-state index contributed by atoms with van der Waals surface area (Å²) in [4.78, 5) is 12.7. The van der Waals surface area contributed by atoms with Gasteiger partial charge in [0.25, 0.3) is 5.91 Å². The van der Waals surface area contributed by atoms with Crippen molar-refractivity contribution < 1.29 is 19.0 Å². The second kappa shape index (κ2) is 8.73. The molecule has 1 aliphatic rings. The molecule has 1 aliphatic heterocycles. The van der Waals surface area contributed by atoms with Crippen LogP contribution in [0.15, 0.2) is 42.5 Å². The average molecular weight is 429 g/mol. The van der Waals surface area contributed by atoms with Gasteiger partial charge < -0.3 is 19.5 Å². The molecule has 0 saturated carbocycles. The molecule has 0 bridgehead atoms. The Balaban J connectivity index is 1.42. The third-order valence-electron chi connectivity index (χ3n) is 4.96. The Morgan fingerprint density at radius 1 is 1.20 bits per heavy atom. The van der Waals surface area contributed by atoms with Crippen LogP contribution in [-0.2, 0) is 24.4 Å². The Hall–Kier alpha value is -3.10. The molecule has 2 aromatic carbocycles. The van der Waals surface area contributed by atoms with Gasteiger partial charge in [-0.3, -0.25) is 4.79 Å². The smallest absolute Gasteiger partial charge is 0.274 e. The number of nitrogens with one attached hydrogen (secondary N) is 1. The molecule has 0 fully saturated rings. The Kier molecular flexibility index (Phi) is 5.87. The molecule has 4 rings (SSSR count). The number of ether oxygens (including phenoxy) is 3. The van der Waals surface area contributed by atoms with Crippen LogP contribution in [0.2, 0.25) is 5.02 Å². The Labute approximate surface area is 178 Å². The van der Waals surface area contributed by atoms with Crippen LogP contribution in [0.3, 0.4) is 0 Å². The van der Waals surface area contributed by atoms with E-state index in [9.17, 15) is 4.79 Å². The number of nitrogens with zero attached hydrogens (tertiary/aromatic N) is 3. The fraction of sp³-hybridized carbons (Fsp3) is 0.286. The molecular formula is C21H21ClN4O4. The molecule has 0 aliphatic carbocycles. The molecule has 30 heavy (non-hydrogen) atoms. The second-order valence-electron chi connectivity index (χ2n) is 6.79. The lowest BCUT2D eigenvalue weighted by molar-refractivity contribution is -0.00177. The summed E-state index contributed by atoms with van der Waals surface area (Å²) in [5.41, 5.74) is 2.80. The van der Waals surface area contributed by atoms with Crippen LogP contribution >= 0.6 is 11.6 Å². The van der Waals surface area contributed by atoms with Crippen molar-refractivity contribution >= 4 is 17.5 Å². The summed E-state index contributed by atoms with van der Waals surface area (Å²) in [6.45, 7) is 1.05. The number of hydrogen-bond acceptors (Lipinski definition) is 6. The number of aromatic nitrogens is 3. The highest BCUT2D eigenvalue weighted by Gasteiger charge is 2.27. The molecular weight excluding hydrogens is 408 g/mol. The van der Waals surface area contributed by atoms with Gasteiger partial charge in [-0.15, -0.1) is 5.10 Å². The zero-order chi connectivity index (χ0) is 21.1. The molecule has 1 N–H and O–H groups in total. The van der Waals surface area contributed by atoms with Gasteiger partial charge in [0, 0.05) is 11.6 Å². The van der Waals surface area contributed by atoms with Crippen LogP contribution in [0, 0.1) is 0 Å². The van der Waals surface area contributed by atoms with Crippen molar-refractivity contribution in [3.8, 4) is 11.5 Å². The van der Waals surface area contributed by atoms with E-state index in [0.29, 0.717) is 35.3 Å². The van der Waals surface area contributed by atoms with Gasteiger partial charge >= 0.3 is 0 Å². The first-order valence-electron chi connectivity index (χ1n) is 9.37. The number of methoxy groups -OCH3 is 2. The number of fused-ring (bicyclic) bond motifs is 1. The minimum absolute atomic E-state index is 0.167. The normalized spacial score (nSPS) is 15.4. The number of carbonyl (C=O) groups excluding carboxylic acids is 1. The van der Waals surface area contributed by atoms with Crippen molar-refractivity contribution in [3.63, 3.8) is 0 Å². The standard InChI is InChI=1S/C21H21ClN4O4/c1-28-17-8-3-13(9-18(17)29-2)10-23-21(27)20-16-12-30-19(11-26(16)25-24-20)14-4-6-15(22)7-5-14/h3-9,19H,10-12H2,1-2H3,(H,23,27)/t19-/m0/s1. The highest BCUT2D eigenvalue weighted by Crippen LogP contribution is 2.29. The van der Waals surface area contributed by atoms with Gasteiger partial charge in [-0.05, 0) is 35.4 Å². The Morgan fingerprint density at radius 3 is 2.70 bits per heavy atom. The lowest BCUT2D eigenvalue weighted by Gasteiger charge is -2.24. The largest absolute Gasteiger partial charge is 0.493 e. The molecule has 0 radical (unpaired) electrons. The third kappa shape index (κ3) is 4.10. The molecule has 0 unspecified atom stereocenters. The van der Waals surface area contributed by atoms with E-state index in [0.717, 1.165) is 11.1 Å². The summed E-state index contributed by atoms with van der Waals surface area (Å²) in [7, 11) is 3.15. The first-order valence-corrected chi connectivity index (χ1v) is 9.75. The SMILES string of the molecule is COc1ccc(CNC(=O)c2nnn3c2CO[C@H](c2ccc(Cl)cc2)C3)cc1OC. The summed E-state index contributed by atoms with van der Waals surface area (Å²) < 4.78 is 18.2. The molecule has 2 heterocycles. The average Bonchev–Trinajstić information content (AvgIpc) is 3.21. The summed E-state index contributed by atoms with van der Waals surface area (Å²) in [5, 5.41) is 11.7. The van der Waals surface area contributed by atoms with E-state index in [1.54, 1.807) is 25.0 Å². The highest BCUT2D eigenvalue weighted by molar-refractivity contribution is 6.30. The number of amides is 1. The first-order chi connectivity index (χ1) is 14.6. The second-order valence-corrected chi connectivity index (χ2v) is 7.23.